The Bertz CT molecular complexity index is 1520. The highest BCUT2D eigenvalue weighted by molar-refractivity contribution is 7.99. The van der Waals surface area contributed by atoms with Crippen molar-refractivity contribution in [3.05, 3.63) is 76.2 Å². The predicted octanol–water partition coefficient (Wildman–Crippen LogP) is 4.50. The first-order valence-corrected chi connectivity index (χ1v) is 13.3. The first kappa shape index (κ1) is 25.2. The summed E-state index contributed by atoms with van der Waals surface area (Å²) in [6.45, 7) is 3.28. The molecule has 11 heteroatoms. The summed E-state index contributed by atoms with van der Waals surface area (Å²) in [5.41, 5.74) is 2.06. The minimum absolute atomic E-state index is 0.0744. The number of phenols is 1. The van der Waals surface area contributed by atoms with Crippen molar-refractivity contribution in [2.75, 3.05) is 42.1 Å². The number of imidazole rings is 1. The van der Waals surface area contributed by atoms with Gasteiger partial charge < -0.3 is 24.6 Å². The molecule has 1 aliphatic heterocycles. The van der Waals surface area contributed by atoms with Gasteiger partial charge >= 0.3 is 5.69 Å². The molecule has 0 saturated carbocycles. The van der Waals surface area contributed by atoms with Gasteiger partial charge in [-0.1, -0.05) is 29.6 Å². The molecule has 3 N–H and O–H groups in total. The zero-order valence-electron chi connectivity index (χ0n) is 20.3. The number of nitrogens with one attached hydrogen (secondary N) is 2. The van der Waals surface area contributed by atoms with Crippen LogP contribution in [0, 0.1) is 5.82 Å². The standard InChI is InChI=1S/C26H26ClFN6O2S/c1-32-9-10-34(26(32)36)22-4-3-16(11-21(22)27)19-14-18(28)15-20(25(19)35)17-12-23(31-37-2)30-24(13-17)33-7-5-29-6-8-33/h3-4,9-15,29,35H,5-8H2,1-2H3,(H,30,31). The molecule has 0 spiro atoms. The van der Waals surface area contributed by atoms with Crippen LogP contribution in [0.3, 0.4) is 0 Å². The topological polar surface area (TPSA) is 87.3 Å². The van der Waals surface area contributed by atoms with E-state index in [1.165, 1.54) is 33.2 Å². The van der Waals surface area contributed by atoms with E-state index in [1.807, 2.05) is 12.3 Å². The lowest BCUT2D eigenvalue weighted by Gasteiger charge is -2.29. The summed E-state index contributed by atoms with van der Waals surface area (Å²) in [5.74, 6) is 0.794. The molecule has 2 aromatic carbocycles. The van der Waals surface area contributed by atoms with Gasteiger partial charge in [-0.05, 0) is 47.5 Å². The summed E-state index contributed by atoms with van der Waals surface area (Å²) in [7, 11) is 1.65. The van der Waals surface area contributed by atoms with Crippen molar-refractivity contribution >= 4 is 35.2 Å². The van der Waals surface area contributed by atoms with Crippen LogP contribution in [0.5, 0.6) is 5.75 Å². The first-order chi connectivity index (χ1) is 17.9. The Labute approximate surface area is 222 Å². The number of hydrogen-bond donors (Lipinski definition) is 3. The van der Waals surface area contributed by atoms with Crippen LogP contribution in [-0.4, -0.2) is 51.7 Å². The molecule has 4 aromatic rings. The molecule has 0 bridgehead atoms. The largest absolute Gasteiger partial charge is 0.507 e. The average molecular weight is 541 g/mol. The lowest BCUT2D eigenvalue weighted by atomic mass is 9.97. The quantitative estimate of drug-likeness (QED) is 0.310. The first-order valence-electron chi connectivity index (χ1n) is 11.7. The SMILES string of the molecule is CSNc1cc(-c2cc(F)cc(-c3ccc(-n4ccn(C)c4=O)c(Cl)c3)c2O)cc(N2CCNCC2)n1. The molecule has 192 valence electrons. The summed E-state index contributed by atoms with van der Waals surface area (Å²) in [6, 6.07) is 11.3. The molecule has 1 saturated heterocycles. The number of phenolic OH excluding ortho intramolecular Hbond substituents is 1. The van der Waals surface area contributed by atoms with Crippen LogP contribution in [0.2, 0.25) is 5.02 Å². The van der Waals surface area contributed by atoms with Crippen LogP contribution < -0.4 is 20.6 Å². The van der Waals surface area contributed by atoms with Crippen molar-refractivity contribution < 1.29 is 9.50 Å². The van der Waals surface area contributed by atoms with E-state index in [4.69, 9.17) is 16.6 Å². The highest BCUT2D eigenvalue weighted by Crippen LogP contribution is 2.41. The molecule has 3 heterocycles. The molecule has 1 aliphatic rings. The Morgan fingerprint density at radius 1 is 1.08 bits per heavy atom. The highest BCUT2D eigenvalue weighted by Gasteiger charge is 2.19. The number of rotatable bonds is 6. The van der Waals surface area contributed by atoms with Gasteiger partial charge in [0.15, 0.2) is 0 Å². The number of aryl methyl sites for hydroxylation is 1. The van der Waals surface area contributed by atoms with Crippen LogP contribution in [0.1, 0.15) is 0 Å². The summed E-state index contributed by atoms with van der Waals surface area (Å²) in [6.07, 6.45) is 5.16. The lowest BCUT2D eigenvalue weighted by molar-refractivity contribution is 0.477. The Balaban J connectivity index is 1.59. The number of hydrogen-bond acceptors (Lipinski definition) is 7. The molecule has 0 amide bonds. The van der Waals surface area contributed by atoms with Crippen molar-refractivity contribution in [2.24, 2.45) is 7.05 Å². The Kier molecular flexibility index (Phi) is 7.14. The fraction of sp³-hybridized carbons (Fsp3) is 0.231. The van der Waals surface area contributed by atoms with Gasteiger partial charge in [0.1, 0.15) is 23.2 Å². The zero-order chi connectivity index (χ0) is 26.1. The van der Waals surface area contributed by atoms with E-state index >= 15 is 0 Å². The van der Waals surface area contributed by atoms with E-state index < -0.39 is 5.82 Å². The van der Waals surface area contributed by atoms with Gasteiger partial charge in [0.05, 0.1) is 10.7 Å². The van der Waals surface area contributed by atoms with E-state index in [1.54, 1.807) is 43.7 Å². The molecule has 0 aliphatic carbocycles. The molecule has 2 aromatic heterocycles. The van der Waals surface area contributed by atoms with E-state index in [0.29, 0.717) is 38.8 Å². The number of aromatic hydroxyl groups is 1. The fourth-order valence-electron chi connectivity index (χ4n) is 4.44. The Morgan fingerprint density at radius 2 is 1.81 bits per heavy atom. The maximum absolute atomic E-state index is 14.9. The molecule has 1 fully saturated rings. The van der Waals surface area contributed by atoms with Gasteiger partial charge in [0.25, 0.3) is 0 Å². The van der Waals surface area contributed by atoms with Crippen LogP contribution in [0.15, 0.2) is 59.7 Å². The Morgan fingerprint density at radius 3 is 2.46 bits per heavy atom. The minimum atomic E-state index is -0.498. The predicted molar refractivity (Wildman–Crippen MR) is 149 cm³/mol. The van der Waals surface area contributed by atoms with Crippen molar-refractivity contribution in [3.8, 4) is 33.7 Å². The van der Waals surface area contributed by atoms with Gasteiger partial charge in [-0.25, -0.2) is 14.2 Å². The molecular formula is C26H26ClFN6O2S. The summed E-state index contributed by atoms with van der Waals surface area (Å²) in [4.78, 5) is 19.2. The molecule has 5 rings (SSSR count). The maximum atomic E-state index is 14.9. The van der Waals surface area contributed by atoms with Gasteiger partial charge in [-0.2, -0.15) is 0 Å². The van der Waals surface area contributed by atoms with Gasteiger partial charge in [-0.3, -0.25) is 4.57 Å². The van der Waals surface area contributed by atoms with Gasteiger partial charge in [-0.15, -0.1) is 0 Å². The fourth-order valence-corrected chi connectivity index (χ4v) is 5.03. The molecule has 0 radical (unpaired) electrons. The number of pyridine rings is 1. The van der Waals surface area contributed by atoms with E-state index in [9.17, 15) is 14.3 Å². The van der Waals surface area contributed by atoms with Crippen molar-refractivity contribution in [3.63, 3.8) is 0 Å². The number of anilines is 2. The monoisotopic (exact) mass is 540 g/mol. The molecule has 0 atom stereocenters. The second-order valence-corrected chi connectivity index (χ2v) is 9.74. The van der Waals surface area contributed by atoms with Gasteiger partial charge in [0, 0.05) is 63.0 Å². The third-order valence-corrected chi connectivity index (χ3v) is 7.03. The van der Waals surface area contributed by atoms with Crippen LogP contribution in [0.25, 0.3) is 27.9 Å². The van der Waals surface area contributed by atoms with Crippen LogP contribution in [-0.2, 0) is 7.05 Å². The summed E-state index contributed by atoms with van der Waals surface area (Å²) in [5, 5.41) is 15.0. The number of piperazine rings is 1. The molecule has 37 heavy (non-hydrogen) atoms. The third kappa shape index (κ3) is 5.04. The van der Waals surface area contributed by atoms with E-state index in [-0.39, 0.29) is 11.4 Å². The number of nitrogens with zero attached hydrogens (tertiary/aromatic N) is 4. The second-order valence-electron chi connectivity index (χ2n) is 8.72. The van der Waals surface area contributed by atoms with E-state index in [2.05, 4.69) is 14.9 Å². The van der Waals surface area contributed by atoms with E-state index in [0.717, 1.165) is 32.0 Å². The molecule has 0 unspecified atom stereocenters. The smallest absolute Gasteiger partial charge is 0.332 e. The summed E-state index contributed by atoms with van der Waals surface area (Å²) < 4.78 is 21.0. The lowest BCUT2D eigenvalue weighted by Crippen LogP contribution is -2.43. The maximum Gasteiger partial charge on any atom is 0.332 e. The van der Waals surface area contributed by atoms with Crippen molar-refractivity contribution in [1.82, 2.24) is 19.4 Å². The normalized spacial score (nSPS) is 13.7. The van der Waals surface area contributed by atoms with Crippen molar-refractivity contribution in [2.45, 2.75) is 0 Å². The van der Waals surface area contributed by atoms with Crippen LogP contribution >= 0.6 is 23.5 Å². The molecule has 8 nitrogen and oxygen atoms in total. The number of halogens is 2. The zero-order valence-corrected chi connectivity index (χ0v) is 21.9. The number of benzene rings is 2. The van der Waals surface area contributed by atoms with Gasteiger partial charge in [0.2, 0.25) is 0 Å². The molecular weight excluding hydrogens is 515 g/mol. The average Bonchev–Trinajstić information content (AvgIpc) is 3.23. The third-order valence-electron chi connectivity index (χ3n) is 6.31. The second kappa shape index (κ2) is 10.5. The minimum Gasteiger partial charge on any atom is -0.507 e. The Hall–Kier alpha value is -3.47. The highest BCUT2D eigenvalue weighted by atomic mass is 35.5. The number of aromatic nitrogens is 3. The van der Waals surface area contributed by atoms with Crippen LogP contribution in [0.4, 0.5) is 16.0 Å². The van der Waals surface area contributed by atoms with Crippen molar-refractivity contribution in [1.29, 1.82) is 0 Å². The summed E-state index contributed by atoms with van der Waals surface area (Å²) >= 11 is 7.94.